The fraction of sp³-hybridized carbons (Fsp3) is 0.222. The van der Waals surface area contributed by atoms with Crippen molar-refractivity contribution in [1.29, 1.82) is 0 Å². The second-order valence-corrected chi connectivity index (χ2v) is 5.30. The van der Waals surface area contributed by atoms with E-state index >= 15 is 0 Å². The number of carboxylic acids is 1. The van der Waals surface area contributed by atoms with Crippen LogP contribution >= 0.6 is 0 Å². The van der Waals surface area contributed by atoms with Gasteiger partial charge in [0, 0.05) is 12.1 Å². The molecule has 5 nitrogen and oxygen atoms in total. The quantitative estimate of drug-likeness (QED) is 0.802. The number of anilines is 1. The Morgan fingerprint density at radius 2 is 1.91 bits per heavy atom. The number of ether oxygens (including phenoxy) is 1. The zero-order valence-corrected chi connectivity index (χ0v) is 13.1. The molecule has 0 bridgehead atoms. The summed E-state index contributed by atoms with van der Waals surface area (Å²) in [6, 6.07) is 13.5. The summed E-state index contributed by atoms with van der Waals surface area (Å²) in [6.07, 6.45) is 0.347. The molecule has 0 fully saturated rings. The van der Waals surface area contributed by atoms with E-state index in [1.807, 2.05) is 31.2 Å². The van der Waals surface area contributed by atoms with Crippen molar-refractivity contribution in [2.45, 2.75) is 19.4 Å². The second kappa shape index (κ2) is 7.45. The van der Waals surface area contributed by atoms with Gasteiger partial charge >= 0.3 is 11.9 Å². The van der Waals surface area contributed by atoms with Crippen molar-refractivity contribution in [3.05, 3.63) is 65.2 Å². The first-order chi connectivity index (χ1) is 11.0. The molecule has 0 saturated heterocycles. The summed E-state index contributed by atoms with van der Waals surface area (Å²) in [6.45, 7) is 1.96. The van der Waals surface area contributed by atoms with Crippen molar-refractivity contribution in [3.8, 4) is 0 Å². The van der Waals surface area contributed by atoms with E-state index < -0.39 is 18.0 Å². The average molecular weight is 313 g/mol. The van der Waals surface area contributed by atoms with E-state index in [9.17, 15) is 14.7 Å². The van der Waals surface area contributed by atoms with Gasteiger partial charge in [-0.25, -0.2) is 9.59 Å². The number of aryl methyl sites for hydroxylation is 1. The van der Waals surface area contributed by atoms with Crippen LogP contribution in [0.15, 0.2) is 48.5 Å². The van der Waals surface area contributed by atoms with Crippen LogP contribution in [0.5, 0.6) is 0 Å². The number of rotatable bonds is 6. The summed E-state index contributed by atoms with van der Waals surface area (Å²) in [7, 11) is 1.31. The second-order valence-electron chi connectivity index (χ2n) is 5.30. The molecule has 2 N–H and O–H groups in total. The highest BCUT2D eigenvalue weighted by molar-refractivity contribution is 5.90. The Balaban J connectivity index is 2.16. The van der Waals surface area contributed by atoms with E-state index in [4.69, 9.17) is 0 Å². The van der Waals surface area contributed by atoms with Gasteiger partial charge in [0.25, 0.3) is 0 Å². The Hall–Kier alpha value is -2.82. The van der Waals surface area contributed by atoms with Gasteiger partial charge < -0.3 is 15.2 Å². The summed E-state index contributed by atoms with van der Waals surface area (Å²) in [5, 5.41) is 12.4. The standard InChI is InChI=1S/C18H19NO4/c1-12-5-3-6-13(9-12)10-16(17(20)21)19-15-8-4-7-14(11-15)18(22)23-2/h3-9,11,16,19H,10H2,1-2H3,(H,20,21). The van der Waals surface area contributed by atoms with Gasteiger partial charge in [-0.3, -0.25) is 0 Å². The lowest BCUT2D eigenvalue weighted by Gasteiger charge is -2.16. The maximum atomic E-state index is 11.5. The van der Waals surface area contributed by atoms with Crippen molar-refractivity contribution < 1.29 is 19.4 Å². The van der Waals surface area contributed by atoms with Crippen molar-refractivity contribution in [2.75, 3.05) is 12.4 Å². The van der Waals surface area contributed by atoms with E-state index in [-0.39, 0.29) is 0 Å². The molecule has 2 rings (SSSR count). The van der Waals surface area contributed by atoms with Crippen molar-refractivity contribution >= 4 is 17.6 Å². The molecule has 0 aliphatic heterocycles. The molecule has 2 aromatic rings. The molecule has 0 aliphatic rings. The van der Waals surface area contributed by atoms with Crippen LogP contribution in [-0.4, -0.2) is 30.2 Å². The summed E-state index contributed by atoms with van der Waals surface area (Å²) in [5.74, 6) is -1.41. The number of nitrogens with one attached hydrogen (secondary N) is 1. The van der Waals surface area contributed by atoms with Gasteiger partial charge in [0.05, 0.1) is 12.7 Å². The van der Waals surface area contributed by atoms with E-state index in [0.717, 1.165) is 11.1 Å². The summed E-state index contributed by atoms with van der Waals surface area (Å²) < 4.78 is 4.67. The van der Waals surface area contributed by atoms with Crippen LogP contribution in [0.4, 0.5) is 5.69 Å². The van der Waals surface area contributed by atoms with Crippen molar-refractivity contribution in [2.24, 2.45) is 0 Å². The lowest BCUT2D eigenvalue weighted by Crippen LogP contribution is -2.31. The molecule has 1 unspecified atom stereocenters. The molecular formula is C18H19NO4. The Labute approximate surface area is 134 Å². The fourth-order valence-electron chi connectivity index (χ4n) is 2.33. The van der Waals surface area contributed by atoms with Crippen LogP contribution in [0.2, 0.25) is 0 Å². The smallest absolute Gasteiger partial charge is 0.337 e. The third-order valence-electron chi connectivity index (χ3n) is 3.44. The Morgan fingerprint density at radius 3 is 2.57 bits per heavy atom. The van der Waals surface area contributed by atoms with E-state index in [0.29, 0.717) is 17.7 Å². The molecule has 0 aliphatic carbocycles. The van der Waals surface area contributed by atoms with E-state index in [1.54, 1.807) is 24.3 Å². The number of hydrogen-bond acceptors (Lipinski definition) is 4. The zero-order valence-electron chi connectivity index (χ0n) is 13.1. The first-order valence-electron chi connectivity index (χ1n) is 7.23. The topological polar surface area (TPSA) is 75.6 Å². The van der Waals surface area contributed by atoms with Crippen LogP contribution in [0.3, 0.4) is 0 Å². The largest absolute Gasteiger partial charge is 0.480 e. The highest BCUT2D eigenvalue weighted by atomic mass is 16.5. The molecule has 0 saturated carbocycles. The Morgan fingerprint density at radius 1 is 1.17 bits per heavy atom. The molecule has 0 radical (unpaired) electrons. The molecule has 120 valence electrons. The van der Waals surface area contributed by atoms with E-state index in [2.05, 4.69) is 10.1 Å². The SMILES string of the molecule is COC(=O)c1cccc(NC(Cc2cccc(C)c2)C(=O)O)c1. The third kappa shape index (κ3) is 4.57. The minimum absolute atomic E-state index is 0.347. The number of methoxy groups -OCH3 is 1. The minimum Gasteiger partial charge on any atom is -0.480 e. The lowest BCUT2D eigenvalue weighted by molar-refractivity contribution is -0.137. The number of esters is 1. The molecule has 23 heavy (non-hydrogen) atoms. The summed E-state index contributed by atoms with van der Waals surface area (Å²) >= 11 is 0. The normalized spacial score (nSPS) is 11.6. The van der Waals surface area contributed by atoms with Crippen LogP contribution < -0.4 is 5.32 Å². The highest BCUT2D eigenvalue weighted by Crippen LogP contribution is 2.15. The van der Waals surface area contributed by atoms with Crippen LogP contribution in [-0.2, 0) is 16.0 Å². The molecule has 1 atom stereocenters. The van der Waals surface area contributed by atoms with Gasteiger partial charge in [-0.05, 0) is 30.7 Å². The minimum atomic E-state index is -0.949. The van der Waals surface area contributed by atoms with Crippen molar-refractivity contribution in [1.82, 2.24) is 0 Å². The first kappa shape index (κ1) is 16.5. The number of aliphatic carboxylic acids is 1. The molecule has 0 spiro atoms. The van der Waals surface area contributed by atoms with Gasteiger partial charge in [0.1, 0.15) is 6.04 Å². The molecule has 0 amide bonds. The number of carboxylic acid groups (broad SMARTS) is 1. The molecule has 5 heteroatoms. The predicted molar refractivity (Wildman–Crippen MR) is 87.7 cm³/mol. The average Bonchev–Trinajstić information content (AvgIpc) is 2.53. The predicted octanol–water partition coefficient (Wildman–Crippen LogP) is 2.89. The van der Waals surface area contributed by atoms with Gasteiger partial charge in [-0.15, -0.1) is 0 Å². The lowest BCUT2D eigenvalue weighted by atomic mass is 10.0. The maximum Gasteiger partial charge on any atom is 0.337 e. The summed E-state index contributed by atoms with van der Waals surface area (Å²) in [4.78, 5) is 23.1. The first-order valence-corrected chi connectivity index (χ1v) is 7.23. The van der Waals surface area contributed by atoms with Crippen LogP contribution in [0.1, 0.15) is 21.5 Å². The van der Waals surface area contributed by atoms with Gasteiger partial charge in [0.15, 0.2) is 0 Å². The number of carbonyl (C=O) groups excluding carboxylic acids is 1. The van der Waals surface area contributed by atoms with Crippen LogP contribution in [0, 0.1) is 6.92 Å². The van der Waals surface area contributed by atoms with Gasteiger partial charge in [0.2, 0.25) is 0 Å². The van der Waals surface area contributed by atoms with E-state index in [1.165, 1.54) is 7.11 Å². The highest BCUT2D eigenvalue weighted by Gasteiger charge is 2.18. The summed E-state index contributed by atoms with van der Waals surface area (Å²) in [5.41, 5.74) is 2.96. The van der Waals surface area contributed by atoms with Gasteiger partial charge in [-0.2, -0.15) is 0 Å². The zero-order chi connectivity index (χ0) is 16.8. The Kier molecular flexibility index (Phi) is 5.36. The number of hydrogen-bond donors (Lipinski definition) is 2. The number of benzene rings is 2. The number of carbonyl (C=O) groups is 2. The molecular weight excluding hydrogens is 294 g/mol. The monoisotopic (exact) mass is 313 g/mol. The fourth-order valence-corrected chi connectivity index (χ4v) is 2.33. The van der Waals surface area contributed by atoms with Crippen LogP contribution in [0.25, 0.3) is 0 Å². The van der Waals surface area contributed by atoms with Gasteiger partial charge in [-0.1, -0.05) is 35.9 Å². The Bertz CT molecular complexity index is 712. The molecule has 0 aromatic heterocycles. The third-order valence-corrected chi connectivity index (χ3v) is 3.44. The molecule has 0 heterocycles. The maximum absolute atomic E-state index is 11.5. The van der Waals surface area contributed by atoms with Crippen molar-refractivity contribution in [3.63, 3.8) is 0 Å². The molecule has 2 aromatic carbocycles.